The number of imide groups is 2. The number of methoxy groups -OCH3 is 2. The highest BCUT2D eigenvalue weighted by Gasteiger charge is 2.68. The Labute approximate surface area is 312 Å². The number of aromatic hydroxyl groups is 1. The minimum Gasteiger partial charge on any atom is -0.508 e. The summed E-state index contributed by atoms with van der Waals surface area (Å²) < 4.78 is 25.9. The number of piperidine rings is 1. The molecule has 0 radical (unpaired) electrons. The summed E-state index contributed by atoms with van der Waals surface area (Å²) >= 11 is 6.14. The minimum absolute atomic E-state index is 0.118. The highest BCUT2D eigenvalue weighted by atomic mass is 35.5. The molecule has 0 aromatic heterocycles. The first-order chi connectivity index (χ1) is 25.5. The van der Waals surface area contributed by atoms with Crippen LogP contribution in [-0.4, -0.2) is 71.9 Å². The summed E-state index contributed by atoms with van der Waals surface area (Å²) in [4.78, 5) is 63.2. The lowest BCUT2D eigenvalue weighted by Gasteiger charge is -2.49. The number of carbonyl (C=O) groups is 4. The number of phenolic OH excluding ortho intramolecular Hbond substituents is 1. The van der Waals surface area contributed by atoms with E-state index in [9.17, 15) is 28.7 Å². The zero-order chi connectivity index (χ0) is 37.3. The Hall–Kier alpha value is -4.74. The van der Waals surface area contributed by atoms with Gasteiger partial charge in [-0.15, -0.1) is 0 Å². The van der Waals surface area contributed by atoms with Crippen molar-refractivity contribution in [3.8, 4) is 17.2 Å². The number of nitrogens with zero attached hydrogens (tertiary/aromatic N) is 3. The van der Waals surface area contributed by atoms with Crippen LogP contribution in [0.4, 0.5) is 10.1 Å². The van der Waals surface area contributed by atoms with Gasteiger partial charge in [-0.05, 0) is 62.3 Å². The van der Waals surface area contributed by atoms with Gasteiger partial charge in [0.15, 0.2) is 0 Å². The molecule has 4 amide bonds. The van der Waals surface area contributed by atoms with Crippen molar-refractivity contribution in [1.29, 1.82) is 0 Å². The second kappa shape index (κ2) is 13.3. The summed E-state index contributed by atoms with van der Waals surface area (Å²) in [6.07, 6.45) is 3.76. The second-order valence-electron chi connectivity index (χ2n) is 15.1. The van der Waals surface area contributed by atoms with Crippen molar-refractivity contribution in [3.05, 3.63) is 94.3 Å². The standard InChI is InChI=1S/C41H41ClFN3O7/c1-41-29(38(49)46(40(41)51)24-9-12-31(43)30(42)17-24)20-28-26(36(41)35-32(52-2)18-25(47)19-33(35)53-3)10-11-27-34(28)39(50)45(37(27)48)23-13-15-44(16-14-23)21-22-7-5-4-6-8-22/h4-10,12,17-19,23,27-29,34,36,47H,11,13-16,20-21H2,1-3H3/t27-,28+,29-,34-,36+,41+/m0/s1. The number of hydrogen-bond acceptors (Lipinski definition) is 8. The lowest BCUT2D eigenvalue weighted by atomic mass is 9.51. The summed E-state index contributed by atoms with van der Waals surface area (Å²) in [6, 6.07) is 16.6. The maximum Gasteiger partial charge on any atom is 0.241 e. The minimum atomic E-state index is -1.42. The Bertz CT molecular complexity index is 2020. The normalized spacial score (nSPS) is 28.8. The van der Waals surface area contributed by atoms with Crippen LogP contribution < -0.4 is 14.4 Å². The fourth-order valence-electron chi connectivity index (χ4n) is 9.96. The van der Waals surface area contributed by atoms with Gasteiger partial charge in [-0.2, -0.15) is 0 Å². The van der Waals surface area contributed by atoms with E-state index in [4.69, 9.17) is 21.1 Å². The molecule has 53 heavy (non-hydrogen) atoms. The van der Waals surface area contributed by atoms with Crippen LogP contribution in [0.2, 0.25) is 5.02 Å². The predicted octanol–water partition coefficient (Wildman–Crippen LogP) is 6.10. The molecule has 0 spiro atoms. The molecule has 2 aliphatic carbocycles. The molecule has 8 rings (SSSR count). The molecular formula is C41H41ClFN3O7. The van der Waals surface area contributed by atoms with E-state index in [1.807, 2.05) is 24.3 Å². The number of ether oxygens (including phenoxy) is 2. The topological polar surface area (TPSA) is 117 Å². The maximum absolute atomic E-state index is 14.8. The Morgan fingerprint density at radius 1 is 0.906 bits per heavy atom. The van der Waals surface area contributed by atoms with Gasteiger partial charge >= 0.3 is 0 Å². The molecule has 1 saturated carbocycles. The number of allylic oxidation sites excluding steroid dienone is 2. The number of fused-ring (bicyclic) bond motifs is 4. The molecule has 0 unspecified atom stereocenters. The molecule has 12 heteroatoms. The van der Waals surface area contributed by atoms with Gasteiger partial charge in [-0.25, -0.2) is 9.29 Å². The van der Waals surface area contributed by atoms with Crippen LogP contribution in [0.25, 0.3) is 0 Å². The molecule has 0 bridgehead atoms. The quantitative estimate of drug-likeness (QED) is 0.228. The van der Waals surface area contributed by atoms with E-state index in [0.29, 0.717) is 24.8 Å². The third kappa shape index (κ3) is 5.45. The predicted molar refractivity (Wildman–Crippen MR) is 194 cm³/mol. The van der Waals surface area contributed by atoms with Crippen molar-refractivity contribution in [2.45, 2.75) is 51.1 Å². The maximum atomic E-state index is 14.8. The van der Waals surface area contributed by atoms with Crippen molar-refractivity contribution in [2.75, 3.05) is 32.2 Å². The molecule has 3 heterocycles. The van der Waals surface area contributed by atoms with Gasteiger partial charge in [0.05, 0.1) is 48.1 Å². The van der Waals surface area contributed by atoms with E-state index in [0.717, 1.165) is 36.2 Å². The summed E-state index contributed by atoms with van der Waals surface area (Å²) in [5.41, 5.74) is 1.15. The number of halogens is 2. The van der Waals surface area contributed by atoms with Crippen LogP contribution in [0.3, 0.4) is 0 Å². The Morgan fingerprint density at radius 2 is 1.58 bits per heavy atom. The van der Waals surface area contributed by atoms with E-state index in [1.165, 1.54) is 48.9 Å². The lowest BCUT2D eigenvalue weighted by Crippen LogP contribution is -2.49. The van der Waals surface area contributed by atoms with Crippen LogP contribution in [0.15, 0.2) is 72.3 Å². The number of rotatable bonds is 7. The molecule has 3 aliphatic heterocycles. The second-order valence-corrected chi connectivity index (χ2v) is 15.5. The number of anilines is 1. The number of carbonyl (C=O) groups excluding carboxylic acids is 4. The van der Waals surface area contributed by atoms with E-state index >= 15 is 0 Å². The van der Waals surface area contributed by atoms with Gasteiger partial charge in [-0.1, -0.05) is 53.6 Å². The first-order valence-corrected chi connectivity index (χ1v) is 18.5. The summed E-state index contributed by atoms with van der Waals surface area (Å²) in [6.45, 7) is 4.04. The van der Waals surface area contributed by atoms with Gasteiger partial charge in [-0.3, -0.25) is 29.0 Å². The number of amides is 4. The number of hydrogen-bond donors (Lipinski definition) is 1. The molecule has 6 atom stereocenters. The zero-order valence-electron chi connectivity index (χ0n) is 29.8. The lowest BCUT2D eigenvalue weighted by molar-refractivity contribution is -0.144. The van der Waals surface area contributed by atoms with Crippen LogP contribution in [0, 0.1) is 34.9 Å². The first-order valence-electron chi connectivity index (χ1n) is 18.1. The molecule has 4 fully saturated rings. The van der Waals surface area contributed by atoms with Crippen molar-refractivity contribution in [1.82, 2.24) is 9.80 Å². The van der Waals surface area contributed by atoms with Crippen LogP contribution >= 0.6 is 11.6 Å². The van der Waals surface area contributed by atoms with Gasteiger partial charge in [0.2, 0.25) is 23.6 Å². The van der Waals surface area contributed by atoms with Crippen LogP contribution in [0.5, 0.6) is 17.2 Å². The van der Waals surface area contributed by atoms with E-state index in [1.54, 1.807) is 6.92 Å². The number of likely N-dealkylation sites (tertiary alicyclic amines) is 2. The first kappa shape index (κ1) is 35.3. The smallest absolute Gasteiger partial charge is 0.241 e. The SMILES string of the molecule is COc1cc(O)cc(OC)c1[C@H]1C2=CC[C@@H]3C(=O)N(C4CCN(Cc5ccccc5)CC4)C(=O)[C@@H]3[C@@H]2C[C@H]2C(=O)N(c3ccc(F)c(Cl)c3)C(=O)[C@@]12C. The molecule has 276 valence electrons. The highest BCUT2D eigenvalue weighted by molar-refractivity contribution is 6.31. The molecule has 10 nitrogen and oxygen atoms in total. The molecular weight excluding hydrogens is 701 g/mol. The number of phenols is 1. The third-order valence-corrected chi connectivity index (χ3v) is 12.7. The third-order valence-electron chi connectivity index (χ3n) is 12.5. The molecule has 3 aromatic carbocycles. The van der Waals surface area contributed by atoms with Crippen molar-refractivity contribution in [3.63, 3.8) is 0 Å². The molecule has 3 aromatic rings. The summed E-state index contributed by atoms with van der Waals surface area (Å²) in [5, 5.41) is 10.4. The monoisotopic (exact) mass is 741 g/mol. The average Bonchev–Trinajstić information content (AvgIpc) is 3.52. The summed E-state index contributed by atoms with van der Waals surface area (Å²) in [5.74, 6) is -5.36. The van der Waals surface area contributed by atoms with Crippen molar-refractivity contribution < 1.29 is 38.1 Å². The van der Waals surface area contributed by atoms with Crippen LogP contribution in [-0.2, 0) is 25.7 Å². The van der Waals surface area contributed by atoms with Crippen LogP contribution in [0.1, 0.15) is 49.7 Å². The largest absolute Gasteiger partial charge is 0.508 e. The van der Waals surface area contributed by atoms with E-state index in [2.05, 4.69) is 17.0 Å². The highest BCUT2D eigenvalue weighted by Crippen LogP contribution is 2.66. The molecule has 3 saturated heterocycles. The van der Waals surface area contributed by atoms with E-state index < -0.39 is 52.6 Å². The molecule has 1 N–H and O–H groups in total. The van der Waals surface area contributed by atoms with Crippen molar-refractivity contribution >= 4 is 40.9 Å². The zero-order valence-corrected chi connectivity index (χ0v) is 30.5. The van der Waals surface area contributed by atoms with Gasteiger partial charge in [0.1, 0.15) is 23.1 Å². The fraction of sp³-hybridized carbons (Fsp3) is 0.415. The van der Waals surface area contributed by atoms with E-state index in [-0.39, 0.29) is 52.2 Å². The van der Waals surface area contributed by atoms with Gasteiger partial charge < -0.3 is 14.6 Å². The Balaban J connectivity index is 1.17. The Kier molecular flexibility index (Phi) is 8.85. The summed E-state index contributed by atoms with van der Waals surface area (Å²) in [7, 11) is 2.89. The van der Waals surface area contributed by atoms with Crippen molar-refractivity contribution in [2.24, 2.45) is 29.1 Å². The van der Waals surface area contributed by atoms with Gasteiger partial charge in [0, 0.05) is 49.3 Å². The fourth-order valence-corrected chi connectivity index (χ4v) is 10.1. The molecule has 5 aliphatic rings. The number of benzene rings is 3. The average molecular weight is 742 g/mol. The Morgan fingerprint density at radius 3 is 2.23 bits per heavy atom. The van der Waals surface area contributed by atoms with Gasteiger partial charge in [0.25, 0.3) is 0 Å².